The number of hydrogen-bond acceptors (Lipinski definition) is 6. The van der Waals surface area contributed by atoms with E-state index in [1.165, 1.54) is 4.40 Å². The number of rotatable bonds is 4. The van der Waals surface area contributed by atoms with Crippen LogP contribution in [0.4, 0.5) is 5.69 Å². The quantitative estimate of drug-likeness (QED) is 0.688. The van der Waals surface area contributed by atoms with Crippen LogP contribution in [0.15, 0.2) is 53.8 Å². The maximum Gasteiger partial charge on any atom is 0.272 e. The maximum atomic E-state index is 12.9. The fraction of sp³-hybridized carbons (Fsp3) is 0.286. The number of fused-ring (bicyclic) bond motifs is 1. The molecular weight excluding hydrogens is 402 g/mol. The molecular formula is C21H21N5O3S. The predicted octanol–water partition coefficient (Wildman–Crippen LogP) is 2.01. The molecule has 0 spiro atoms. The number of piperidine rings is 1. The van der Waals surface area contributed by atoms with Crippen molar-refractivity contribution < 1.29 is 13.2 Å². The van der Waals surface area contributed by atoms with Gasteiger partial charge >= 0.3 is 0 Å². The lowest BCUT2D eigenvalue weighted by atomic mass is 10.0. The fourth-order valence-corrected chi connectivity index (χ4v) is 4.49. The molecule has 8 nitrogen and oxygen atoms in total. The van der Waals surface area contributed by atoms with Crippen LogP contribution in [-0.4, -0.2) is 49.1 Å². The molecule has 1 amide bonds. The largest absolute Gasteiger partial charge is 0.371 e. The summed E-state index contributed by atoms with van der Waals surface area (Å²) in [6.45, 7) is 1.55. The third-order valence-electron chi connectivity index (χ3n) is 5.25. The molecule has 9 heteroatoms. The molecule has 30 heavy (non-hydrogen) atoms. The molecule has 0 radical (unpaired) electrons. The van der Waals surface area contributed by atoms with E-state index in [2.05, 4.69) is 21.3 Å². The summed E-state index contributed by atoms with van der Waals surface area (Å²) in [5.41, 5.74) is 2.26. The third kappa shape index (κ3) is 3.86. The Balaban J connectivity index is 1.46. The first-order chi connectivity index (χ1) is 14.4. The molecule has 2 aromatic heterocycles. The SMILES string of the molecule is CS(=O)(=O)c1nc(C(=O)NC2CCN(c3ccc(C#N)cc3)CC2)c2ccccn12. The van der Waals surface area contributed by atoms with Crippen molar-refractivity contribution >= 4 is 26.9 Å². The highest BCUT2D eigenvalue weighted by atomic mass is 32.2. The molecule has 1 fully saturated rings. The molecule has 0 atom stereocenters. The van der Waals surface area contributed by atoms with Crippen LogP contribution in [-0.2, 0) is 9.84 Å². The second-order valence-corrected chi connectivity index (χ2v) is 9.27. The molecule has 1 aromatic carbocycles. The van der Waals surface area contributed by atoms with Gasteiger partial charge in [0.2, 0.25) is 15.0 Å². The summed E-state index contributed by atoms with van der Waals surface area (Å²) < 4.78 is 25.5. The lowest BCUT2D eigenvalue weighted by Gasteiger charge is -2.33. The van der Waals surface area contributed by atoms with Gasteiger partial charge in [-0.25, -0.2) is 13.4 Å². The highest BCUT2D eigenvalue weighted by molar-refractivity contribution is 7.90. The molecule has 1 aliphatic rings. The molecule has 1 saturated heterocycles. The predicted molar refractivity (Wildman–Crippen MR) is 112 cm³/mol. The number of benzene rings is 1. The van der Waals surface area contributed by atoms with E-state index in [-0.39, 0.29) is 22.8 Å². The van der Waals surface area contributed by atoms with Crippen molar-refractivity contribution in [1.29, 1.82) is 5.26 Å². The second-order valence-electron chi connectivity index (χ2n) is 7.36. The number of carbonyl (C=O) groups excluding carboxylic acids is 1. The Morgan fingerprint density at radius 1 is 1.17 bits per heavy atom. The van der Waals surface area contributed by atoms with Crippen LogP contribution in [0.2, 0.25) is 0 Å². The van der Waals surface area contributed by atoms with Gasteiger partial charge in [0.1, 0.15) is 0 Å². The summed E-state index contributed by atoms with van der Waals surface area (Å²) in [4.78, 5) is 19.2. The number of nitriles is 1. The van der Waals surface area contributed by atoms with Crippen molar-refractivity contribution in [3.63, 3.8) is 0 Å². The number of aromatic nitrogens is 2. The minimum Gasteiger partial charge on any atom is -0.371 e. The van der Waals surface area contributed by atoms with Crippen molar-refractivity contribution in [2.24, 2.45) is 0 Å². The lowest BCUT2D eigenvalue weighted by molar-refractivity contribution is 0.0928. The average Bonchev–Trinajstić information content (AvgIpc) is 3.15. The molecule has 0 bridgehead atoms. The van der Waals surface area contributed by atoms with Gasteiger partial charge in [0, 0.05) is 37.3 Å². The Bertz CT molecular complexity index is 1230. The van der Waals surface area contributed by atoms with Gasteiger partial charge in [0.25, 0.3) is 5.91 Å². The molecule has 4 rings (SSSR count). The van der Waals surface area contributed by atoms with Crippen LogP contribution >= 0.6 is 0 Å². The van der Waals surface area contributed by atoms with E-state index >= 15 is 0 Å². The van der Waals surface area contributed by atoms with E-state index in [4.69, 9.17) is 5.26 Å². The van der Waals surface area contributed by atoms with Crippen LogP contribution in [0, 0.1) is 11.3 Å². The van der Waals surface area contributed by atoms with Crippen molar-refractivity contribution in [1.82, 2.24) is 14.7 Å². The smallest absolute Gasteiger partial charge is 0.272 e. The Morgan fingerprint density at radius 3 is 2.50 bits per heavy atom. The summed E-state index contributed by atoms with van der Waals surface area (Å²) in [7, 11) is -3.57. The summed E-state index contributed by atoms with van der Waals surface area (Å²) in [6.07, 6.45) is 4.19. The number of nitrogens with one attached hydrogen (secondary N) is 1. The van der Waals surface area contributed by atoms with Gasteiger partial charge in [0.15, 0.2) is 5.69 Å². The van der Waals surface area contributed by atoms with E-state index in [1.807, 2.05) is 12.1 Å². The molecule has 154 valence electrons. The van der Waals surface area contributed by atoms with Gasteiger partial charge in [-0.15, -0.1) is 0 Å². The van der Waals surface area contributed by atoms with Crippen molar-refractivity contribution in [2.45, 2.75) is 24.0 Å². The first-order valence-corrected chi connectivity index (χ1v) is 11.5. The minimum atomic E-state index is -3.57. The average molecular weight is 423 g/mol. The maximum absolute atomic E-state index is 12.9. The Labute approximate surface area is 174 Å². The van der Waals surface area contributed by atoms with Crippen molar-refractivity contribution in [3.8, 4) is 6.07 Å². The number of anilines is 1. The van der Waals surface area contributed by atoms with Crippen molar-refractivity contribution in [3.05, 3.63) is 59.9 Å². The third-order valence-corrected chi connectivity index (χ3v) is 6.21. The Hall–Kier alpha value is -3.38. The van der Waals surface area contributed by atoms with E-state index in [0.717, 1.165) is 37.9 Å². The van der Waals surface area contributed by atoms with Gasteiger partial charge in [-0.2, -0.15) is 5.26 Å². The fourth-order valence-electron chi connectivity index (χ4n) is 3.72. The second kappa shape index (κ2) is 7.80. The number of amides is 1. The highest BCUT2D eigenvalue weighted by Gasteiger charge is 2.26. The lowest BCUT2D eigenvalue weighted by Crippen LogP contribution is -2.44. The molecule has 0 saturated carbocycles. The van der Waals surface area contributed by atoms with Crippen LogP contribution in [0.25, 0.3) is 5.52 Å². The number of imidazole rings is 1. The van der Waals surface area contributed by atoms with Crippen LogP contribution in [0.5, 0.6) is 0 Å². The van der Waals surface area contributed by atoms with Crippen molar-refractivity contribution in [2.75, 3.05) is 24.2 Å². The molecule has 0 aliphatic carbocycles. The van der Waals surface area contributed by atoms with E-state index in [1.54, 1.807) is 36.5 Å². The van der Waals surface area contributed by atoms with E-state index in [0.29, 0.717) is 11.1 Å². The summed E-state index contributed by atoms with van der Waals surface area (Å²) in [5.74, 6) is -0.370. The molecule has 3 aromatic rings. The first kappa shape index (κ1) is 19.9. The molecule has 3 heterocycles. The molecule has 1 aliphatic heterocycles. The Morgan fingerprint density at radius 2 is 1.87 bits per heavy atom. The first-order valence-electron chi connectivity index (χ1n) is 9.60. The zero-order valence-corrected chi connectivity index (χ0v) is 17.3. The zero-order chi connectivity index (χ0) is 21.3. The van der Waals surface area contributed by atoms with Gasteiger partial charge in [-0.05, 0) is 49.2 Å². The zero-order valence-electron chi connectivity index (χ0n) is 16.4. The molecule has 0 unspecified atom stereocenters. The monoisotopic (exact) mass is 423 g/mol. The molecule has 1 N–H and O–H groups in total. The van der Waals surface area contributed by atoms with E-state index < -0.39 is 9.84 Å². The van der Waals surface area contributed by atoms with Gasteiger partial charge < -0.3 is 10.2 Å². The summed E-state index contributed by atoms with van der Waals surface area (Å²) in [5, 5.41) is 11.8. The Kier molecular flexibility index (Phi) is 5.18. The normalized spacial score (nSPS) is 15.1. The minimum absolute atomic E-state index is 0.0192. The number of sulfone groups is 1. The number of carbonyl (C=O) groups is 1. The van der Waals surface area contributed by atoms with E-state index in [9.17, 15) is 13.2 Å². The number of nitrogens with zero attached hydrogens (tertiary/aromatic N) is 4. The van der Waals surface area contributed by atoms with Gasteiger partial charge in [0.05, 0.1) is 17.1 Å². The standard InChI is InChI=1S/C21H21N5O3S/c1-30(28,29)21-24-19(18-4-2-3-11-26(18)21)20(27)23-16-9-12-25(13-10-16)17-7-5-15(14-22)6-8-17/h2-8,11,16H,9-10,12-13H2,1H3,(H,23,27). The number of pyridine rings is 1. The summed E-state index contributed by atoms with van der Waals surface area (Å²) in [6, 6.07) is 14.7. The van der Waals surface area contributed by atoms with Crippen LogP contribution in [0.3, 0.4) is 0 Å². The number of hydrogen-bond donors (Lipinski definition) is 1. The van der Waals surface area contributed by atoms with Gasteiger partial charge in [-0.3, -0.25) is 9.20 Å². The topological polar surface area (TPSA) is 108 Å². The highest BCUT2D eigenvalue weighted by Crippen LogP contribution is 2.22. The van der Waals surface area contributed by atoms with Gasteiger partial charge in [-0.1, -0.05) is 6.07 Å². The van der Waals surface area contributed by atoms with Crippen LogP contribution < -0.4 is 10.2 Å². The van der Waals surface area contributed by atoms with Crippen LogP contribution in [0.1, 0.15) is 28.9 Å². The summed E-state index contributed by atoms with van der Waals surface area (Å²) >= 11 is 0.